The summed E-state index contributed by atoms with van der Waals surface area (Å²) in [5, 5.41) is 14.3. The minimum absolute atomic E-state index is 0. The van der Waals surface area contributed by atoms with Crippen LogP contribution >= 0.6 is 31.9 Å². The molecule has 0 bridgehead atoms. The van der Waals surface area contributed by atoms with Crippen molar-refractivity contribution in [1.29, 1.82) is 0 Å². The fourth-order valence-corrected chi connectivity index (χ4v) is 5.51. The van der Waals surface area contributed by atoms with Crippen molar-refractivity contribution in [3.05, 3.63) is 151 Å². The predicted molar refractivity (Wildman–Crippen MR) is 204 cm³/mol. The van der Waals surface area contributed by atoms with Gasteiger partial charge in [-0.05, 0) is 22.8 Å². The van der Waals surface area contributed by atoms with Crippen LogP contribution < -0.4 is 0 Å². The molecule has 6 aromatic rings. The molecule has 0 heterocycles. The molecule has 0 amide bonds. The van der Waals surface area contributed by atoms with E-state index in [1.54, 1.807) is 0 Å². The number of aryl methyl sites for hydroxylation is 4. The van der Waals surface area contributed by atoms with Gasteiger partial charge in [-0.3, -0.25) is 0 Å². The number of nitrogens with zero attached hydrogens (tertiary/aromatic N) is 2. The van der Waals surface area contributed by atoms with Gasteiger partial charge in [0.2, 0.25) is 0 Å². The van der Waals surface area contributed by atoms with Gasteiger partial charge in [-0.15, -0.1) is 93.5 Å². The van der Waals surface area contributed by atoms with Crippen molar-refractivity contribution >= 4 is 74.3 Å². The number of benzene rings is 4. The summed E-state index contributed by atoms with van der Waals surface area (Å²) in [5.74, 6) is 0. The van der Waals surface area contributed by atoms with E-state index in [4.69, 9.17) is 0 Å². The molecule has 0 saturated heterocycles. The Morgan fingerprint density at radius 2 is 0.933 bits per heavy atom. The summed E-state index contributed by atoms with van der Waals surface area (Å²) in [4.78, 5) is 0. The van der Waals surface area contributed by atoms with Crippen LogP contribution in [-0.2, 0) is 26.2 Å². The molecule has 6 rings (SSSR count). The van der Waals surface area contributed by atoms with Gasteiger partial charge in [-0.25, -0.2) is 0 Å². The van der Waals surface area contributed by atoms with Gasteiger partial charge >= 0.3 is 26.2 Å². The summed E-state index contributed by atoms with van der Waals surface area (Å²) in [7, 11) is 1.08. The van der Waals surface area contributed by atoms with Crippen molar-refractivity contribution in [2.24, 2.45) is 0 Å². The summed E-state index contributed by atoms with van der Waals surface area (Å²) < 4.78 is 2.46. The third kappa shape index (κ3) is 12.8. The van der Waals surface area contributed by atoms with E-state index in [0.717, 1.165) is 40.4 Å². The van der Waals surface area contributed by atoms with Gasteiger partial charge in [-0.2, -0.15) is 12.1 Å². The SMILES string of the molecule is C[Si]C.Cc1cc2c(Br)c(C)ccc2[cH-]1.Cc1cc2c(Br)c(C)ccc2[cH-]1.[Zr+4].c1ccc([N-]CCC[N-]c2ccccc2)cc1. The van der Waals surface area contributed by atoms with Gasteiger partial charge in [0.1, 0.15) is 0 Å². The zero-order valence-electron chi connectivity index (χ0n) is 27.2. The first-order valence-corrected chi connectivity index (χ1v) is 18.5. The second kappa shape index (κ2) is 20.8. The maximum atomic E-state index is 4.48. The molecular formula is C39H42Br2N2SiZr. The van der Waals surface area contributed by atoms with Gasteiger partial charge in [0.25, 0.3) is 0 Å². The number of hydrogen-bond donors (Lipinski definition) is 0. The fourth-order valence-electron chi connectivity index (χ4n) is 4.56. The van der Waals surface area contributed by atoms with Crippen LogP contribution in [0.1, 0.15) is 28.7 Å². The Bertz CT molecular complexity index is 1570. The summed E-state index contributed by atoms with van der Waals surface area (Å²) in [5.41, 5.74) is 7.35. The largest absolute Gasteiger partial charge is 4.00 e. The summed E-state index contributed by atoms with van der Waals surface area (Å²) in [6, 6.07) is 37.6. The minimum Gasteiger partial charge on any atom is -0.684 e. The minimum atomic E-state index is 0. The van der Waals surface area contributed by atoms with Crippen molar-refractivity contribution in [2.75, 3.05) is 13.1 Å². The number of hydrogen-bond acceptors (Lipinski definition) is 0. The van der Waals surface area contributed by atoms with E-state index in [1.807, 2.05) is 60.7 Å². The Labute approximate surface area is 309 Å². The van der Waals surface area contributed by atoms with Gasteiger partial charge in [0, 0.05) is 9.52 Å². The molecule has 0 aliphatic rings. The molecule has 6 heteroatoms. The first-order valence-electron chi connectivity index (χ1n) is 14.9. The van der Waals surface area contributed by atoms with Gasteiger partial charge < -0.3 is 10.6 Å². The zero-order valence-corrected chi connectivity index (χ0v) is 33.8. The third-order valence-electron chi connectivity index (χ3n) is 6.74. The van der Waals surface area contributed by atoms with E-state index in [-0.39, 0.29) is 26.2 Å². The quantitative estimate of drug-likeness (QED) is 0.0910. The van der Waals surface area contributed by atoms with Crippen LogP contribution in [0.3, 0.4) is 0 Å². The fraction of sp³-hybridized carbons (Fsp3) is 0.231. The monoisotopic (exact) mass is 814 g/mol. The topological polar surface area (TPSA) is 28.2 Å². The van der Waals surface area contributed by atoms with Crippen LogP contribution in [0.2, 0.25) is 13.1 Å². The first kappa shape index (κ1) is 38.9. The van der Waals surface area contributed by atoms with Gasteiger partial charge in [0.05, 0.1) is 0 Å². The molecule has 0 atom stereocenters. The predicted octanol–water partition coefficient (Wildman–Crippen LogP) is 13.4. The van der Waals surface area contributed by atoms with Crippen molar-refractivity contribution in [1.82, 2.24) is 0 Å². The molecule has 45 heavy (non-hydrogen) atoms. The Balaban J connectivity index is 0.000000227. The number of rotatable bonds is 6. The van der Waals surface area contributed by atoms with Crippen molar-refractivity contribution in [3.8, 4) is 0 Å². The average Bonchev–Trinajstić information content (AvgIpc) is 3.61. The molecule has 2 nitrogen and oxygen atoms in total. The van der Waals surface area contributed by atoms with Crippen LogP contribution in [0.4, 0.5) is 11.4 Å². The van der Waals surface area contributed by atoms with Gasteiger partial charge in [-0.1, -0.05) is 137 Å². The molecule has 230 valence electrons. The zero-order chi connectivity index (χ0) is 31.9. The number of para-hydroxylation sites is 2. The first-order chi connectivity index (χ1) is 21.2. The van der Waals surface area contributed by atoms with E-state index < -0.39 is 0 Å². The molecule has 0 aliphatic carbocycles. The van der Waals surface area contributed by atoms with Crippen molar-refractivity contribution < 1.29 is 26.2 Å². The smallest absolute Gasteiger partial charge is 0.684 e. The number of fused-ring (bicyclic) bond motifs is 2. The van der Waals surface area contributed by atoms with E-state index in [2.05, 4.69) is 132 Å². The summed E-state index contributed by atoms with van der Waals surface area (Å²) in [6.07, 6.45) is 0.990. The van der Waals surface area contributed by atoms with Crippen molar-refractivity contribution in [2.45, 2.75) is 47.2 Å². The molecular weight excluding hydrogens is 776 g/mol. The molecule has 0 aliphatic heterocycles. The molecule has 0 fully saturated rings. The Kier molecular flexibility index (Phi) is 18.0. The summed E-state index contributed by atoms with van der Waals surface area (Å²) >= 11 is 7.19. The Morgan fingerprint density at radius 1 is 0.578 bits per heavy atom. The van der Waals surface area contributed by atoms with E-state index in [1.165, 1.54) is 52.7 Å². The van der Waals surface area contributed by atoms with Crippen LogP contribution in [0.5, 0.6) is 0 Å². The van der Waals surface area contributed by atoms with Crippen LogP contribution in [-0.4, -0.2) is 22.6 Å². The Hall–Kier alpha value is -2.24. The third-order valence-corrected chi connectivity index (χ3v) is 8.85. The molecule has 0 spiro atoms. The summed E-state index contributed by atoms with van der Waals surface area (Å²) in [6.45, 7) is 14.5. The average molecular weight is 818 g/mol. The van der Waals surface area contributed by atoms with Gasteiger partial charge in [0.15, 0.2) is 0 Å². The molecule has 6 aromatic carbocycles. The Morgan fingerprint density at radius 3 is 1.29 bits per heavy atom. The van der Waals surface area contributed by atoms with E-state index in [0.29, 0.717) is 0 Å². The second-order valence-electron chi connectivity index (χ2n) is 10.8. The van der Waals surface area contributed by atoms with Crippen LogP contribution in [0, 0.1) is 27.7 Å². The number of halogens is 2. The molecule has 0 aromatic heterocycles. The molecule has 0 saturated carbocycles. The van der Waals surface area contributed by atoms with Crippen LogP contribution in [0.15, 0.2) is 118 Å². The van der Waals surface area contributed by atoms with Crippen molar-refractivity contribution in [3.63, 3.8) is 0 Å². The van der Waals surface area contributed by atoms with Crippen LogP contribution in [0.25, 0.3) is 32.2 Å². The standard InChI is InChI=1S/C15H16N2.2C11H10Br.C2H6Si.Zr/c1-3-8-14(9-4-1)16-12-7-13-17-15-10-5-2-6-11-15;2*1-7-5-9-4-3-8(2)11(12)10(9)6-7;1-3-2;/h1-6,8-11H,7,12-13H2;2*3-6H,1-2H3;1-2H3;/q-2;2*-1;;+4. The van der Waals surface area contributed by atoms with E-state index in [9.17, 15) is 0 Å². The maximum Gasteiger partial charge on any atom is 4.00 e. The van der Waals surface area contributed by atoms with E-state index >= 15 is 0 Å². The molecule has 0 unspecified atom stereocenters. The molecule has 2 radical (unpaired) electrons. The maximum absolute atomic E-state index is 4.48. The second-order valence-corrected chi connectivity index (χ2v) is 13.3. The normalized spacial score (nSPS) is 9.96. The molecule has 0 N–H and O–H groups in total.